The Balaban J connectivity index is 1.31. The molecule has 0 radical (unpaired) electrons. The number of benzene rings is 1. The number of aromatic nitrogens is 1. The zero-order valence-electron chi connectivity index (χ0n) is 16.9. The van der Waals surface area contributed by atoms with E-state index >= 15 is 0 Å². The fourth-order valence-electron chi connectivity index (χ4n) is 3.80. The maximum absolute atomic E-state index is 13.9. The normalized spacial score (nSPS) is 14.0. The first-order valence-electron chi connectivity index (χ1n) is 10.5. The SMILES string of the molecule is O=C(CCc1ccc(-c2ccccc2F)o1)NCc1cccnc1N1CCCCC1. The lowest BCUT2D eigenvalue weighted by Gasteiger charge is -2.29. The van der Waals surface area contributed by atoms with Crippen LogP contribution in [-0.2, 0) is 17.8 Å². The summed E-state index contributed by atoms with van der Waals surface area (Å²) in [5.74, 6) is 1.74. The molecule has 2 aromatic heterocycles. The molecule has 3 heterocycles. The van der Waals surface area contributed by atoms with E-state index in [1.807, 2.05) is 12.1 Å². The maximum atomic E-state index is 13.9. The van der Waals surface area contributed by atoms with Crippen LogP contribution in [-0.4, -0.2) is 24.0 Å². The molecule has 0 unspecified atom stereocenters. The molecule has 3 aromatic rings. The second-order valence-corrected chi connectivity index (χ2v) is 7.56. The van der Waals surface area contributed by atoms with Crippen LogP contribution >= 0.6 is 0 Å². The molecule has 6 heteroatoms. The van der Waals surface area contributed by atoms with Crippen molar-refractivity contribution >= 4 is 11.7 Å². The molecular weight excluding hydrogens is 381 g/mol. The molecule has 1 saturated heterocycles. The van der Waals surface area contributed by atoms with Crippen LogP contribution in [0, 0.1) is 5.82 Å². The molecule has 30 heavy (non-hydrogen) atoms. The highest BCUT2D eigenvalue weighted by molar-refractivity contribution is 5.76. The summed E-state index contributed by atoms with van der Waals surface area (Å²) in [7, 11) is 0. The fraction of sp³-hybridized carbons (Fsp3) is 0.333. The first-order valence-corrected chi connectivity index (χ1v) is 10.5. The Bertz CT molecular complexity index is 995. The molecule has 1 aliphatic rings. The molecule has 156 valence electrons. The lowest BCUT2D eigenvalue weighted by Crippen LogP contribution is -2.32. The number of rotatable bonds is 7. The Morgan fingerprint density at radius 3 is 2.73 bits per heavy atom. The van der Waals surface area contributed by atoms with Crippen LogP contribution in [0.1, 0.15) is 37.0 Å². The van der Waals surface area contributed by atoms with Gasteiger partial charge in [0.05, 0.1) is 5.56 Å². The number of halogens is 1. The smallest absolute Gasteiger partial charge is 0.220 e. The number of piperidine rings is 1. The van der Waals surface area contributed by atoms with Crippen molar-refractivity contribution in [1.82, 2.24) is 10.3 Å². The minimum atomic E-state index is -0.322. The third-order valence-electron chi connectivity index (χ3n) is 5.40. The predicted octanol–water partition coefficient (Wildman–Crippen LogP) is 4.72. The van der Waals surface area contributed by atoms with Gasteiger partial charge in [0, 0.05) is 44.2 Å². The van der Waals surface area contributed by atoms with E-state index in [2.05, 4.69) is 15.2 Å². The molecule has 1 N–H and O–H groups in total. The number of amides is 1. The lowest BCUT2D eigenvalue weighted by molar-refractivity contribution is -0.121. The van der Waals surface area contributed by atoms with Crippen LogP contribution in [0.4, 0.5) is 10.2 Å². The van der Waals surface area contributed by atoms with Crippen LogP contribution in [0.25, 0.3) is 11.3 Å². The van der Waals surface area contributed by atoms with Gasteiger partial charge < -0.3 is 14.6 Å². The van der Waals surface area contributed by atoms with E-state index in [4.69, 9.17) is 4.42 Å². The van der Waals surface area contributed by atoms with Crippen molar-refractivity contribution in [2.24, 2.45) is 0 Å². The maximum Gasteiger partial charge on any atom is 0.220 e. The van der Waals surface area contributed by atoms with Gasteiger partial charge in [0.15, 0.2) is 0 Å². The Labute approximate surface area is 175 Å². The van der Waals surface area contributed by atoms with Gasteiger partial charge in [0.2, 0.25) is 5.91 Å². The van der Waals surface area contributed by atoms with E-state index in [9.17, 15) is 9.18 Å². The summed E-state index contributed by atoms with van der Waals surface area (Å²) in [5, 5.41) is 2.99. The summed E-state index contributed by atoms with van der Waals surface area (Å²) in [6, 6.07) is 14.0. The molecule has 4 rings (SSSR count). The quantitative estimate of drug-likeness (QED) is 0.616. The average molecular weight is 407 g/mol. The van der Waals surface area contributed by atoms with Gasteiger partial charge >= 0.3 is 0 Å². The van der Waals surface area contributed by atoms with E-state index in [1.54, 1.807) is 36.5 Å². The van der Waals surface area contributed by atoms with Crippen molar-refractivity contribution in [3.8, 4) is 11.3 Å². The van der Waals surface area contributed by atoms with Crippen LogP contribution in [0.2, 0.25) is 0 Å². The van der Waals surface area contributed by atoms with Crippen molar-refractivity contribution in [2.45, 2.75) is 38.6 Å². The molecule has 1 aliphatic heterocycles. The molecule has 5 nitrogen and oxygen atoms in total. The Hall–Kier alpha value is -3.15. The first kappa shape index (κ1) is 20.1. The number of carbonyl (C=O) groups is 1. The molecule has 0 atom stereocenters. The van der Waals surface area contributed by atoms with Gasteiger partial charge in [-0.1, -0.05) is 18.2 Å². The largest absolute Gasteiger partial charge is 0.461 e. The number of anilines is 1. The molecular formula is C24H26FN3O2. The number of nitrogens with one attached hydrogen (secondary N) is 1. The molecule has 0 bridgehead atoms. The molecule has 1 fully saturated rings. The van der Waals surface area contributed by atoms with Crippen LogP contribution in [0.3, 0.4) is 0 Å². The Kier molecular flexibility index (Phi) is 6.42. The standard InChI is InChI=1S/C24H26FN3O2/c25-21-9-3-2-8-20(21)22-12-10-19(30-22)11-13-23(29)27-17-18-7-6-14-26-24(18)28-15-4-1-5-16-28/h2-3,6-10,12,14H,1,4-5,11,13,15-17H2,(H,27,29). The fourth-order valence-corrected chi connectivity index (χ4v) is 3.80. The summed E-state index contributed by atoms with van der Waals surface area (Å²) in [5.41, 5.74) is 1.46. The third-order valence-corrected chi connectivity index (χ3v) is 5.40. The highest BCUT2D eigenvalue weighted by Crippen LogP contribution is 2.25. The minimum absolute atomic E-state index is 0.0488. The summed E-state index contributed by atoms with van der Waals surface area (Å²) in [6.07, 6.45) is 6.21. The highest BCUT2D eigenvalue weighted by Gasteiger charge is 2.16. The number of furan rings is 1. The lowest BCUT2D eigenvalue weighted by atomic mass is 10.1. The van der Waals surface area contributed by atoms with Gasteiger partial charge in [-0.05, 0) is 49.6 Å². The summed E-state index contributed by atoms with van der Waals surface area (Å²) in [4.78, 5) is 19.2. The minimum Gasteiger partial charge on any atom is -0.461 e. The summed E-state index contributed by atoms with van der Waals surface area (Å²) < 4.78 is 19.6. The first-order chi connectivity index (χ1) is 14.7. The van der Waals surface area contributed by atoms with Crippen molar-refractivity contribution in [1.29, 1.82) is 0 Å². The number of hydrogen-bond donors (Lipinski definition) is 1. The number of aryl methyl sites for hydroxylation is 1. The van der Waals surface area contributed by atoms with E-state index in [-0.39, 0.29) is 11.7 Å². The van der Waals surface area contributed by atoms with E-state index in [0.717, 1.165) is 24.5 Å². The third kappa shape index (κ3) is 4.87. The summed E-state index contributed by atoms with van der Waals surface area (Å²) >= 11 is 0. The van der Waals surface area contributed by atoms with Gasteiger partial charge in [-0.15, -0.1) is 0 Å². The van der Waals surface area contributed by atoms with Gasteiger partial charge in [0.25, 0.3) is 0 Å². The van der Waals surface area contributed by atoms with Crippen molar-refractivity contribution in [3.05, 3.63) is 71.9 Å². The Morgan fingerprint density at radius 2 is 1.90 bits per heavy atom. The Morgan fingerprint density at radius 1 is 1.07 bits per heavy atom. The van der Waals surface area contributed by atoms with Crippen LogP contribution < -0.4 is 10.2 Å². The summed E-state index contributed by atoms with van der Waals surface area (Å²) in [6.45, 7) is 2.48. The monoisotopic (exact) mass is 407 g/mol. The molecule has 0 spiro atoms. The highest BCUT2D eigenvalue weighted by atomic mass is 19.1. The topological polar surface area (TPSA) is 58.4 Å². The second-order valence-electron chi connectivity index (χ2n) is 7.56. The second kappa shape index (κ2) is 9.57. The van der Waals surface area contributed by atoms with E-state index in [1.165, 1.54) is 25.3 Å². The van der Waals surface area contributed by atoms with Gasteiger partial charge in [-0.3, -0.25) is 4.79 Å². The van der Waals surface area contributed by atoms with E-state index < -0.39 is 0 Å². The number of hydrogen-bond acceptors (Lipinski definition) is 4. The number of carbonyl (C=O) groups excluding carboxylic acids is 1. The predicted molar refractivity (Wildman–Crippen MR) is 115 cm³/mol. The molecule has 0 saturated carbocycles. The number of nitrogens with zero attached hydrogens (tertiary/aromatic N) is 2. The van der Waals surface area contributed by atoms with E-state index in [0.29, 0.717) is 36.5 Å². The van der Waals surface area contributed by atoms with Crippen molar-refractivity contribution in [2.75, 3.05) is 18.0 Å². The zero-order chi connectivity index (χ0) is 20.8. The van der Waals surface area contributed by atoms with Gasteiger partial charge in [-0.25, -0.2) is 9.37 Å². The average Bonchev–Trinajstić information content (AvgIpc) is 3.26. The van der Waals surface area contributed by atoms with Gasteiger partial charge in [0.1, 0.15) is 23.2 Å². The molecule has 1 aromatic carbocycles. The zero-order valence-corrected chi connectivity index (χ0v) is 16.9. The van der Waals surface area contributed by atoms with Crippen LogP contribution in [0.5, 0.6) is 0 Å². The van der Waals surface area contributed by atoms with Crippen molar-refractivity contribution < 1.29 is 13.6 Å². The number of pyridine rings is 1. The van der Waals surface area contributed by atoms with Crippen molar-refractivity contribution in [3.63, 3.8) is 0 Å². The molecule has 0 aliphatic carbocycles. The van der Waals surface area contributed by atoms with Gasteiger partial charge in [-0.2, -0.15) is 0 Å². The van der Waals surface area contributed by atoms with Crippen LogP contribution in [0.15, 0.2) is 59.1 Å². The molecule has 1 amide bonds.